The van der Waals surface area contributed by atoms with E-state index in [9.17, 15) is 19.2 Å². The zero-order valence-electron chi connectivity index (χ0n) is 26.8. The Labute approximate surface area is 254 Å². The number of hydrogen-bond donors (Lipinski definition) is 1. The van der Waals surface area contributed by atoms with Crippen molar-refractivity contribution in [2.45, 2.75) is 92.2 Å². The Morgan fingerprint density at radius 1 is 0.744 bits per heavy atom. The molecule has 5 atom stereocenters. The third kappa shape index (κ3) is 14.0. The van der Waals surface area contributed by atoms with Gasteiger partial charge in [0.1, 0.15) is 11.6 Å². The van der Waals surface area contributed by atoms with Crippen molar-refractivity contribution in [2.24, 2.45) is 23.5 Å². The monoisotopic (exact) mass is 611 g/mol. The van der Waals surface area contributed by atoms with Crippen LogP contribution in [0.25, 0.3) is 0 Å². The summed E-state index contributed by atoms with van der Waals surface area (Å²) in [7, 11) is 1.19. The molecule has 0 saturated heterocycles. The fourth-order valence-corrected chi connectivity index (χ4v) is 3.60. The number of ether oxygens (including phenoxy) is 7. The molecule has 0 spiro atoms. The van der Waals surface area contributed by atoms with Crippen molar-refractivity contribution < 1.29 is 52.3 Å². The van der Waals surface area contributed by atoms with Gasteiger partial charge in [-0.25, -0.2) is 14.4 Å². The Kier molecular flexibility index (Phi) is 16.5. The SMILES string of the molecule is CCC(C)COC(=O)Oc1ccc(CC(N)(C[C@H](C)OC(=O)OCC(C)CC)C(=O)OC)cc1OC(=O)OCC(C)CC. The average Bonchev–Trinajstić information content (AvgIpc) is 2.97. The minimum absolute atomic E-state index is 0.0974. The molecule has 1 rings (SSSR count). The smallest absolute Gasteiger partial charge is 0.468 e. The molecule has 43 heavy (non-hydrogen) atoms. The van der Waals surface area contributed by atoms with E-state index in [0.717, 1.165) is 19.3 Å². The largest absolute Gasteiger partial charge is 0.513 e. The summed E-state index contributed by atoms with van der Waals surface area (Å²) in [5.74, 6) is -0.578. The summed E-state index contributed by atoms with van der Waals surface area (Å²) in [6, 6.07) is 4.34. The predicted molar refractivity (Wildman–Crippen MR) is 158 cm³/mol. The van der Waals surface area contributed by atoms with Crippen molar-refractivity contribution >= 4 is 24.4 Å². The molecule has 0 heterocycles. The van der Waals surface area contributed by atoms with E-state index in [-0.39, 0.29) is 61.9 Å². The summed E-state index contributed by atoms with van der Waals surface area (Å²) >= 11 is 0. The van der Waals surface area contributed by atoms with Crippen LogP contribution < -0.4 is 15.2 Å². The lowest BCUT2D eigenvalue weighted by atomic mass is 9.86. The summed E-state index contributed by atoms with van der Waals surface area (Å²) < 4.78 is 36.4. The van der Waals surface area contributed by atoms with E-state index in [1.807, 2.05) is 41.5 Å². The van der Waals surface area contributed by atoms with Crippen LogP contribution in [0.4, 0.5) is 14.4 Å². The molecule has 12 heteroatoms. The van der Waals surface area contributed by atoms with Crippen LogP contribution in [-0.4, -0.2) is 63.0 Å². The quantitative estimate of drug-likeness (QED) is 0.121. The molecule has 4 unspecified atom stereocenters. The molecule has 0 aliphatic rings. The fraction of sp³-hybridized carbons (Fsp3) is 0.677. The zero-order chi connectivity index (χ0) is 32.6. The third-order valence-corrected chi connectivity index (χ3v) is 7.00. The molecule has 0 fully saturated rings. The molecule has 0 aromatic heterocycles. The number of hydrogen-bond acceptors (Lipinski definition) is 12. The van der Waals surface area contributed by atoms with Gasteiger partial charge in [-0.15, -0.1) is 0 Å². The minimum atomic E-state index is -1.64. The minimum Gasteiger partial charge on any atom is -0.468 e. The van der Waals surface area contributed by atoms with E-state index in [2.05, 4.69) is 0 Å². The Morgan fingerprint density at radius 2 is 1.21 bits per heavy atom. The summed E-state index contributed by atoms with van der Waals surface area (Å²) in [5.41, 5.74) is 5.30. The predicted octanol–water partition coefficient (Wildman–Crippen LogP) is 6.20. The standard InChI is InChI=1S/C31H49NO11/c1-9-20(4)17-38-28(34)41-23(7)15-31(32,27(33)37-8)16-24-12-13-25(42-29(35)39-18-21(5)10-2)26(14-24)43-30(36)40-19-22(6)11-3/h12-14,20-23H,9-11,15-19,32H2,1-8H3/t20?,21?,22?,23-,31?/m0/s1. The zero-order valence-corrected chi connectivity index (χ0v) is 26.8. The molecule has 1 aromatic rings. The lowest BCUT2D eigenvalue weighted by molar-refractivity contribution is -0.148. The first kappa shape index (κ1) is 37.5. The first-order valence-corrected chi connectivity index (χ1v) is 14.8. The summed E-state index contributed by atoms with van der Waals surface area (Å²) in [5, 5.41) is 0. The highest BCUT2D eigenvalue weighted by atomic mass is 16.7. The van der Waals surface area contributed by atoms with Gasteiger partial charge in [-0.3, -0.25) is 4.79 Å². The normalized spacial score (nSPS) is 15.1. The Morgan fingerprint density at radius 3 is 1.67 bits per heavy atom. The Bertz CT molecular complexity index is 1050. The summed E-state index contributed by atoms with van der Waals surface area (Å²) in [6.07, 6.45) is -1.42. The highest BCUT2D eigenvalue weighted by Gasteiger charge is 2.38. The molecule has 0 saturated carbocycles. The lowest BCUT2D eigenvalue weighted by Gasteiger charge is -2.29. The highest BCUT2D eigenvalue weighted by Crippen LogP contribution is 2.32. The van der Waals surface area contributed by atoms with Gasteiger partial charge in [-0.2, -0.15) is 0 Å². The van der Waals surface area contributed by atoms with Crippen molar-refractivity contribution in [3.8, 4) is 11.5 Å². The van der Waals surface area contributed by atoms with Gasteiger partial charge in [0.15, 0.2) is 11.5 Å². The van der Waals surface area contributed by atoms with Crippen molar-refractivity contribution in [3.63, 3.8) is 0 Å². The second-order valence-electron chi connectivity index (χ2n) is 11.2. The van der Waals surface area contributed by atoms with Crippen LogP contribution in [0, 0.1) is 17.8 Å². The molecule has 2 N–H and O–H groups in total. The molecule has 1 aromatic carbocycles. The first-order chi connectivity index (χ1) is 20.3. The Hall–Kier alpha value is -3.54. The van der Waals surface area contributed by atoms with Crippen LogP contribution in [0.1, 0.15) is 79.7 Å². The number of carbonyl (C=O) groups excluding carboxylic acids is 4. The maximum Gasteiger partial charge on any atom is 0.513 e. The molecule has 0 radical (unpaired) electrons. The van der Waals surface area contributed by atoms with Crippen molar-refractivity contribution in [1.82, 2.24) is 0 Å². The lowest BCUT2D eigenvalue weighted by Crippen LogP contribution is -2.53. The fourth-order valence-electron chi connectivity index (χ4n) is 3.60. The van der Waals surface area contributed by atoms with Gasteiger partial charge in [-0.1, -0.05) is 66.9 Å². The second kappa shape index (κ2) is 18.9. The number of carbonyl (C=O) groups is 4. The number of benzene rings is 1. The van der Waals surface area contributed by atoms with E-state index < -0.39 is 36.1 Å². The second-order valence-corrected chi connectivity index (χ2v) is 11.2. The number of methoxy groups -OCH3 is 1. The molecule has 0 aliphatic carbocycles. The van der Waals surface area contributed by atoms with Gasteiger partial charge in [-0.05, 0) is 42.4 Å². The van der Waals surface area contributed by atoms with Gasteiger partial charge >= 0.3 is 24.4 Å². The van der Waals surface area contributed by atoms with E-state index in [1.165, 1.54) is 19.2 Å². The van der Waals surface area contributed by atoms with Crippen LogP contribution in [0.15, 0.2) is 18.2 Å². The average molecular weight is 612 g/mol. The maximum absolute atomic E-state index is 12.8. The van der Waals surface area contributed by atoms with Gasteiger partial charge in [0.25, 0.3) is 0 Å². The number of esters is 1. The van der Waals surface area contributed by atoms with Gasteiger partial charge in [0.2, 0.25) is 0 Å². The van der Waals surface area contributed by atoms with Crippen molar-refractivity contribution in [3.05, 3.63) is 23.8 Å². The van der Waals surface area contributed by atoms with E-state index in [0.29, 0.717) is 5.56 Å². The van der Waals surface area contributed by atoms with Crippen LogP contribution in [0.2, 0.25) is 0 Å². The Balaban J connectivity index is 3.18. The molecule has 12 nitrogen and oxygen atoms in total. The molecule has 0 aliphatic heterocycles. The van der Waals surface area contributed by atoms with Gasteiger partial charge in [0, 0.05) is 12.8 Å². The van der Waals surface area contributed by atoms with Crippen LogP contribution >= 0.6 is 0 Å². The van der Waals surface area contributed by atoms with E-state index in [4.69, 9.17) is 38.9 Å². The number of nitrogens with two attached hydrogens (primary N) is 1. The summed E-state index contributed by atoms with van der Waals surface area (Å²) in [4.78, 5) is 49.7. The molecule has 0 amide bonds. The maximum atomic E-state index is 12.8. The number of rotatable bonds is 17. The van der Waals surface area contributed by atoms with Crippen LogP contribution in [0.5, 0.6) is 11.5 Å². The van der Waals surface area contributed by atoms with Crippen LogP contribution in [-0.2, 0) is 34.9 Å². The summed E-state index contributed by atoms with van der Waals surface area (Å²) in [6.45, 7) is 13.8. The topological polar surface area (TPSA) is 159 Å². The van der Waals surface area contributed by atoms with Gasteiger partial charge in [0.05, 0.1) is 26.9 Å². The van der Waals surface area contributed by atoms with Crippen molar-refractivity contribution in [2.75, 3.05) is 26.9 Å². The first-order valence-electron chi connectivity index (χ1n) is 14.8. The third-order valence-electron chi connectivity index (χ3n) is 7.00. The molecular formula is C31H49NO11. The van der Waals surface area contributed by atoms with E-state index in [1.54, 1.807) is 13.0 Å². The molecule has 0 bridgehead atoms. The molecule has 244 valence electrons. The van der Waals surface area contributed by atoms with Crippen molar-refractivity contribution in [1.29, 1.82) is 0 Å². The van der Waals surface area contributed by atoms with Crippen LogP contribution in [0.3, 0.4) is 0 Å². The highest BCUT2D eigenvalue weighted by molar-refractivity contribution is 5.81. The van der Waals surface area contributed by atoms with Gasteiger partial charge < -0.3 is 38.9 Å². The van der Waals surface area contributed by atoms with E-state index >= 15 is 0 Å². The molecular weight excluding hydrogens is 562 g/mol.